The summed E-state index contributed by atoms with van der Waals surface area (Å²) in [5.41, 5.74) is 19.1. The highest BCUT2D eigenvalue weighted by Crippen LogP contribution is 2.41. The van der Waals surface area contributed by atoms with Crippen LogP contribution in [0.1, 0.15) is 127 Å². The molecule has 0 atom stereocenters. The van der Waals surface area contributed by atoms with E-state index in [9.17, 15) is 14.4 Å². The third-order valence-electron chi connectivity index (χ3n) is 11.1. The number of carbonyl (C=O) groups excluding carboxylic acids is 3. The van der Waals surface area contributed by atoms with Crippen molar-refractivity contribution in [1.29, 1.82) is 0 Å². The quantitative estimate of drug-likeness (QED) is 0.0436. The van der Waals surface area contributed by atoms with Gasteiger partial charge in [0.15, 0.2) is 0 Å². The number of ether oxygens (including phenoxy) is 4. The van der Waals surface area contributed by atoms with Crippen molar-refractivity contribution in [2.24, 2.45) is 22.8 Å². The molecule has 0 spiro atoms. The van der Waals surface area contributed by atoms with E-state index < -0.39 is 23.3 Å². The summed E-state index contributed by atoms with van der Waals surface area (Å²) in [5.74, 6) is 0.532. The van der Waals surface area contributed by atoms with Crippen molar-refractivity contribution >= 4 is 17.9 Å². The highest BCUT2D eigenvalue weighted by atomic mass is 16.6. The first-order valence-electron chi connectivity index (χ1n) is 21.1. The molecule has 9 nitrogen and oxygen atoms in total. The molecular formula is C48H70N2O7. The SMILES string of the molecule is C=C(C)C(=O)OCCCc1cc(-c2ccc(C3CCC(CCCCC)CC3)cc2CC)cc(CCCN)c1OCC(CN)(COC(=O)C(=C)C)COC(=O)C(=C)C. The van der Waals surface area contributed by atoms with Crippen molar-refractivity contribution in [1.82, 2.24) is 0 Å². The minimum Gasteiger partial charge on any atom is -0.492 e. The van der Waals surface area contributed by atoms with E-state index in [1.54, 1.807) is 20.8 Å². The average Bonchev–Trinajstić information content (AvgIpc) is 3.21. The average molecular weight is 787 g/mol. The van der Waals surface area contributed by atoms with Crippen molar-refractivity contribution in [2.45, 2.75) is 124 Å². The summed E-state index contributed by atoms with van der Waals surface area (Å²) in [6, 6.07) is 11.4. The molecule has 1 saturated carbocycles. The van der Waals surface area contributed by atoms with E-state index in [4.69, 9.17) is 30.4 Å². The van der Waals surface area contributed by atoms with Crippen LogP contribution in [0.5, 0.6) is 5.75 Å². The molecule has 0 bridgehead atoms. The van der Waals surface area contributed by atoms with Gasteiger partial charge in [0.25, 0.3) is 0 Å². The molecule has 0 heterocycles. The molecule has 314 valence electrons. The van der Waals surface area contributed by atoms with Gasteiger partial charge in [0, 0.05) is 23.3 Å². The van der Waals surface area contributed by atoms with Gasteiger partial charge in [-0.25, -0.2) is 14.4 Å². The van der Waals surface area contributed by atoms with Gasteiger partial charge >= 0.3 is 17.9 Å². The van der Waals surface area contributed by atoms with Crippen molar-refractivity contribution in [3.8, 4) is 16.9 Å². The third-order valence-corrected chi connectivity index (χ3v) is 11.1. The largest absolute Gasteiger partial charge is 0.492 e. The number of nitrogens with two attached hydrogens (primary N) is 2. The molecule has 0 amide bonds. The van der Waals surface area contributed by atoms with Gasteiger partial charge in [-0.3, -0.25) is 0 Å². The molecule has 3 rings (SSSR count). The Morgan fingerprint density at radius 3 is 1.82 bits per heavy atom. The first-order valence-corrected chi connectivity index (χ1v) is 21.1. The second kappa shape index (κ2) is 23.9. The van der Waals surface area contributed by atoms with Crippen molar-refractivity contribution in [3.05, 3.63) is 89.0 Å². The van der Waals surface area contributed by atoms with Gasteiger partial charge in [0.2, 0.25) is 0 Å². The Bertz CT molecular complexity index is 1660. The maximum Gasteiger partial charge on any atom is 0.333 e. The molecule has 57 heavy (non-hydrogen) atoms. The second-order valence-corrected chi connectivity index (χ2v) is 16.2. The number of hydrogen-bond acceptors (Lipinski definition) is 9. The van der Waals surface area contributed by atoms with Crippen LogP contribution in [0.4, 0.5) is 0 Å². The molecule has 0 saturated heterocycles. The maximum absolute atomic E-state index is 12.5. The lowest BCUT2D eigenvalue weighted by Crippen LogP contribution is -2.46. The maximum atomic E-state index is 12.5. The lowest BCUT2D eigenvalue weighted by Gasteiger charge is -2.32. The Hall–Kier alpha value is -4.21. The first kappa shape index (κ1) is 47.2. The van der Waals surface area contributed by atoms with Gasteiger partial charge in [-0.1, -0.05) is 77.5 Å². The Balaban J connectivity index is 2.04. The molecule has 1 fully saturated rings. The number of hydrogen-bond donors (Lipinski definition) is 2. The third kappa shape index (κ3) is 14.6. The first-order chi connectivity index (χ1) is 27.3. The summed E-state index contributed by atoms with van der Waals surface area (Å²) < 4.78 is 23.4. The molecule has 0 aromatic heterocycles. The van der Waals surface area contributed by atoms with Crippen LogP contribution in [0.15, 0.2) is 66.8 Å². The highest BCUT2D eigenvalue weighted by molar-refractivity contribution is 5.87. The van der Waals surface area contributed by atoms with Crippen molar-refractivity contribution < 1.29 is 33.3 Å². The van der Waals surface area contributed by atoms with Crippen LogP contribution >= 0.6 is 0 Å². The van der Waals surface area contributed by atoms with E-state index in [2.05, 4.69) is 63.9 Å². The summed E-state index contributed by atoms with van der Waals surface area (Å²) in [4.78, 5) is 37.2. The minimum absolute atomic E-state index is 0.00490. The van der Waals surface area contributed by atoms with Crippen LogP contribution in [-0.2, 0) is 47.9 Å². The van der Waals surface area contributed by atoms with Crippen LogP contribution in [0.3, 0.4) is 0 Å². The summed E-state index contributed by atoms with van der Waals surface area (Å²) in [5, 5.41) is 0. The van der Waals surface area contributed by atoms with Gasteiger partial charge in [-0.15, -0.1) is 0 Å². The van der Waals surface area contributed by atoms with E-state index in [0.717, 1.165) is 35.4 Å². The van der Waals surface area contributed by atoms with E-state index in [0.29, 0.717) is 43.0 Å². The van der Waals surface area contributed by atoms with Crippen LogP contribution in [0.25, 0.3) is 11.1 Å². The van der Waals surface area contributed by atoms with Crippen LogP contribution in [0, 0.1) is 11.3 Å². The molecule has 0 unspecified atom stereocenters. The zero-order valence-corrected chi connectivity index (χ0v) is 35.6. The number of carbonyl (C=O) groups is 3. The van der Waals surface area contributed by atoms with Crippen LogP contribution in [0.2, 0.25) is 0 Å². The smallest absolute Gasteiger partial charge is 0.333 e. The minimum atomic E-state index is -1.08. The van der Waals surface area contributed by atoms with Gasteiger partial charge in [0.05, 0.1) is 12.0 Å². The van der Waals surface area contributed by atoms with Crippen LogP contribution in [-0.4, -0.2) is 57.4 Å². The zero-order chi connectivity index (χ0) is 42.0. The summed E-state index contributed by atoms with van der Waals surface area (Å²) in [6.45, 7) is 20.7. The van der Waals surface area contributed by atoms with E-state index >= 15 is 0 Å². The highest BCUT2D eigenvalue weighted by Gasteiger charge is 2.35. The Morgan fingerprint density at radius 2 is 1.30 bits per heavy atom. The molecular weight excluding hydrogens is 717 g/mol. The number of rotatable bonds is 25. The molecule has 0 radical (unpaired) electrons. The fraction of sp³-hybridized carbons (Fsp3) is 0.562. The van der Waals surface area contributed by atoms with E-state index in [1.807, 2.05) is 0 Å². The monoisotopic (exact) mass is 787 g/mol. The topological polar surface area (TPSA) is 140 Å². The van der Waals surface area contributed by atoms with Gasteiger partial charge in [-0.2, -0.15) is 0 Å². The van der Waals surface area contributed by atoms with E-state index in [1.165, 1.54) is 68.1 Å². The normalized spacial score (nSPS) is 15.4. The predicted octanol–water partition coefficient (Wildman–Crippen LogP) is 9.28. The zero-order valence-electron chi connectivity index (χ0n) is 35.6. The summed E-state index contributed by atoms with van der Waals surface area (Å²) >= 11 is 0. The Labute approximate surface area is 342 Å². The van der Waals surface area contributed by atoms with Crippen LogP contribution < -0.4 is 16.2 Å². The summed E-state index contributed by atoms with van der Waals surface area (Å²) in [7, 11) is 0. The Morgan fingerprint density at radius 1 is 0.719 bits per heavy atom. The number of unbranched alkanes of at least 4 members (excludes halogenated alkanes) is 2. The predicted molar refractivity (Wildman–Crippen MR) is 230 cm³/mol. The van der Waals surface area contributed by atoms with Gasteiger partial charge < -0.3 is 30.4 Å². The number of aryl methyl sites for hydroxylation is 3. The molecule has 1 aliphatic rings. The second-order valence-electron chi connectivity index (χ2n) is 16.2. The fourth-order valence-corrected chi connectivity index (χ4v) is 7.43. The lowest BCUT2D eigenvalue weighted by atomic mass is 9.76. The molecule has 0 aliphatic heterocycles. The molecule has 1 aliphatic carbocycles. The molecule has 2 aromatic carbocycles. The fourth-order valence-electron chi connectivity index (χ4n) is 7.43. The van der Waals surface area contributed by atoms with Gasteiger partial charge in [0.1, 0.15) is 25.6 Å². The van der Waals surface area contributed by atoms with Crippen molar-refractivity contribution in [2.75, 3.05) is 39.5 Å². The summed E-state index contributed by atoms with van der Waals surface area (Å²) in [6.07, 6.45) is 13.8. The molecule has 2 aromatic rings. The number of benzene rings is 2. The van der Waals surface area contributed by atoms with Crippen molar-refractivity contribution in [3.63, 3.8) is 0 Å². The van der Waals surface area contributed by atoms with Gasteiger partial charge in [-0.05, 0) is 142 Å². The van der Waals surface area contributed by atoms with E-state index in [-0.39, 0.29) is 44.1 Å². The molecule has 4 N–H and O–H groups in total. The Kier molecular flexibility index (Phi) is 19.8. The lowest BCUT2D eigenvalue weighted by molar-refractivity contribution is -0.150. The number of esters is 3. The molecule has 9 heteroatoms. The standard InChI is InChI=1S/C48H70N2O7/c1-9-11-12-15-36-18-20-38(21-19-36)39-22-23-43(37(10-2)26-39)42-27-40(16-13-24-49)44(41(28-42)17-14-25-54-45(51)33(3)4)55-30-48(29-50,31-56-46(52)34(5)6)32-57-47(53)35(7)8/h22-23,26-28,36,38H,3,5,7,9-21,24-25,29-32,49-50H2,1-2,4,6,8H3.